The number of aromatic nitrogens is 3. The van der Waals surface area contributed by atoms with Crippen LogP contribution in [0.15, 0.2) is 35.5 Å². The molecule has 0 radical (unpaired) electrons. The summed E-state index contributed by atoms with van der Waals surface area (Å²) in [5, 5.41) is 13.6. The maximum atomic E-state index is 12.2. The number of hydrogen-bond acceptors (Lipinski definition) is 5. The van der Waals surface area contributed by atoms with Gasteiger partial charge in [-0.2, -0.15) is 0 Å². The van der Waals surface area contributed by atoms with Crippen molar-refractivity contribution in [3.05, 3.63) is 41.7 Å². The lowest BCUT2D eigenvalue weighted by atomic mass is 10.2. The van der Waals surface area contributed by atoms with Crippen LogP contribution < -0.4 is 10.6 Å². The first-order chi connectivity index (χ1) is 12.0. The monoisotopic (exact) mass is 359 g/mol. The van der Waals surface area contributed by atoms with Crippen molar-refractivity contribution in [2.45, 2.75) is 42.6 Å². The molecule has 3 rings (SSSR count). The maximum Gasteiger partial charge on any atom is 0.321 e. The van der Waals surface area contributed by atoms with Crippen LogP contribution >= 0.6 is 11.8 Å². The Hall–Kier alpha value is -2.35. The molecular weight excluding hydrogens is 338 g/mol. The molecule has 1 fully saturated rings. The number of carbonyl (C=O) groups is 2. The quantitative estimate of drug-likeness (QED) is 0.772. The summed E-state index contributed by atoms with van der Waals surface area (Å²) in [6.07, 6.45) is 2.29. The van der Waals surface area contributed by atoms with E-state index in [9.17, 15) is 9.59 Å². The summed E-state index contributed by atoms with van der Waals surface area (Å²) in [7, 11) is 1.91. The van der Waals surface area contributed by atoms with Crippen molar-refractivity contribution in [2.75, 3.05) is 0 Å². The number of nitrogens with zero attached hydrogens (tertiary/aromatic N) is 3. The van der Waals surface area contributed by atoms with Crippen molar-refractivity contribution < 1.29 is 9.59 Å². The first-order valence-electron chi connectivity index (χ1n) is 8.23. The van der Waals surface area contributed by atoms with Gasteiger partial charge in [0, 0.05) is 19.5 Å². The zero-order valence-electron chi connectivity index (χ0n) is 14.2. The highest BCUT2D eigenvalue weighted by molar-refractivity contribution is 8.00. The molecule has 8 heteroatoms. The highest BCUT2D eigenvalue weighted by atomic mass is 32.2. The Balaban J connectivity index is 1.48. The fourth-order valence-electron chi connectivity index (χ4n) is 2.37. The zero-order chi connectivity index (χ0) is 17.8. The molecule has 132 valence electrons. The number of imide groups is 1. The highest BCUT2D eigenvalue weighted by Crippen LogP contribution is 2.39. The van der Waals surface area contributed by atoms with Crippen LogP contribution in [-0.2, 0) is 18.4 Å². The smallest absolute Gasteiger partial charge is 0.321 e. The fraction of sp³-hybridized carbons (Fsp3) is 0.412. The van der Waals surface area contributed by atoms with Crippen molar-refractivity contribution in [1.29, 1.82) is 0 Å². The van der Waals surface area contributed by atoms with Crippen LogP contribution in [-0.4, -0.2) is 32.0 Å². The van der Waals surface area contributed by atoms with Crippen LogP contribution in [0.1, 0.15) is 37.1 Å². The van der Waals surface area contributed by atoms with Gasteiger partial charge in [-0.1, -0.05) is 42.1 Å². The molecule has 0 saturated heterocycles. The van der Waals surface area contributed by atoms with Crippen LogP contribution in [0.25, 0.3) is 0 Å². The lowest BCUT2D eigenvalue weighted by molar-refractivity contribution is -0.119. The Labute approximate surface area is 150 Å². The van der Waals surface area contributed by atoms with Gasteiger partial charge < -0.3 is 9.88 Å². The second-order valence-electron chi connectivity index (χ2n) is 6.09. The summed E-state index contributed by atoms with van der Waals surface area (Å²) in [6, 6.07) is 9.02. The minimum atomic E-state index is -0.502. The van der Waals surface area contributed by atoms with Gasteiger partial charge in [0.2, 0.25) is 5.91 Å². The van der Waals surface area contributed by atoms with Crippen LogP contribution in [0.3, 0.4) is 0 Å². The van der Waals surface area contributed by atoms with Crippen molar-refractivity contribution >= 4 is 23.7 Å². The second kappa shape index (κ2) is 7.69. The summed E-state index contributed by atoms with van der Waals surface area (Å²) in [4.78, 5) is 24.1. The van der Waals surface area contributed by atoms with Crippen LogP contribution in [0.4, 0.5) is 4.79 Å². The van der Waals surface area contributed by atoms with E-state index < -0.39 is 11.3 Å². The molecule has 1 saturated carbocycles. The van der Waals surface area contributed by atoms with Crippen molar-refractivity contribution in [3.63, 3.8) is 0 Å². The molecule has 0 bridgehead atoms. The Morgan fingerprint density at radius 1 is 1.28 bits per heavy atom. The second-order valence-corrected chi connectivity index (χ2v) is 7.40. The predicted octanol–water partition coefficient (Wildman–Crippen LogP) is 2.20. The molecule has 0 unspecified atom stereocenters. The third kappa shape index (κ3) is 4.60. The number of amides is 3. The third-order valence-electron chi connectivity index (χ3n) is 4.00. The molecular formula is C17H21N5O2S. The van der Waals surface area contributed by atoms with E-state index >= 15 is 0 Å². The molecule has 0 spiro atoms. The average Bonchev–Trinajstić information content (AvgIpc) is 3.39. The molecule has 1 aliphatic carbocycles. The normalized spacial score (nSPS) is 14.8. The number of carbonyl (C=O) groups excluding carboxylic acids is 2. The summed E-state index contributed by atoms with van der Waals surface area (Å²) >= 11 is 1.30. The molecule has 1 aliphatic rings. The number of thioether (sulfide) groups is 1. The van der Waals surface area contributed by atoms with E-state index in [4.69, 9.17) is 0 Å². The van der Waals surface area contributed by atoms with E-state index in [-0.39, 0.29) is 5.91 Å². The van der Waals surface area contributed by atoms with Gasteiger partial charge in [0.05, 0.1) is 5.25 Å². The minimum absolute atomic E-state index is 0.355. The fourth-order valence-corrected chi connectivity index (χ4v) is 3.20. The average molecular weight is 359 g/mol. The Bertz CT molecular complexity index is 758. The van der Waals surface area contributed by atoms with Gasteiger partial charge in [0.25, 0.3) is 0 Å². The number of nitrogens with one attached hydrogen (secondary N) is 2. The van der Waals surface area contributed by atoms with E-state index in [0.717, 1.165) is 24.2 Å². The van der Waals surface area contributed by atoms with E-state index in [1.54, 1.807) is 6.92 Å². The summed E-state index contributed by atoms with van der Waals surface area (Å²) < 4.78 is 1.93. The standard InChI is InChI=1S/C17H21N5O2S/c1-11(25-17-21-20-14(22(17)2)13-8-9-13)15(23)19-16(24)18-10-12-6-4-3-5-7-12/h3-7,11,13H,8-10H2,1-2H3,(H2,18,19,23,24)/t11-/m0/s1. The zero-order valence-corrected chi connectivity index (χ0v) is 15.0. The summed E-state index contributed by atoms with van der Waals surface area (Å²) in [5.41, 5.74) is 0.971. The number of hydrogen-bond donors (Lipinski definition) is 2. The Morgan fingerprint density at radius 3 is 2.68 bits per heavy atom. The lowest BCUT2D eigenvalue weighted by Crippen LogP contribution is -2.42. The first kappa shape index (κ1) is 17.5. The minimum Gasteiger partial charge on any atom is -0.334 e. The van der Waals surface area contributed by atoms with Gasteiger partial charge >= 0.3 is 6.03 Å². The van der Waals surface area contributed by atoms with Gasteiger partial charge in [0.1, 0.15) is 5.82 Å². The number of rotatable bonds is 6. The van der Waals surface area contributed by atoms with Gasteiger partial charge in [-0.15, -0.1) is 10.2 Å². The van der Waals surface area contributed by atoms with Gasteiger partial charge in [-0.05, 0) is 25.3 Å². The molecule has 1 heterocycles. The Kier molecular flexibility index (Phi) is 5.37. The molecule has 2 aromatic rings. The van der Waals surface area contributed by atoms with Crippen LogP contribution in [0.5, 0.6) is 0 Å². The molecule has 1 atom stereocenters. The SMILES string of the molecule is C[C@H](Sc1nnc(C2CC2)n1C)C(=O)NC(=O)NCc1ccccc1. The first-order valence-corrected chi connectivity index (χ1v) is 9.11. The molecule has 7 nitrogen and oxygen atoms in total. The molecule has 3 amide bonds. The molecule has 1 aromatic heterocycles. The lowest BCUT2D eigenvalue weighted by Gasteiger charge is -2.11. The van der Waals surface area contributed by atoms with Crippen molar-refractivity contribution in [1.82, 2.24) is 25.4 Å². The van der Waals surface area contributed by atoms with E-state index in [2.05, 4.69) is 20.8 Å². The summed E-state index contributed by atoms with van der Waals surface area (Å²) in [5.74, 6) is 1.11. The maximum absolute atomic E-state index is 12.2. The molecule has 2 N–H and O–H groups in total. The largest absolute Gasteiger partial charge is 0.334 e. The molecule has 1 aromatic carbocycles. The van der Waals surface area contributed by atoms with Crippen LogP contribution in [0.2, 0.25) is 0 Å². The third-order valence-corrected chi connectivity index (χ3v) is 5.13. The number of benzene rings is 1. The number of urea groups is 1. The van der Waals surface area contributed by atoms with E-state index in [1.807, 2.05) is 41.9 Å². The Morgan fingerprint density at radius 2 is 2.00 bits per heavy atom. The van der Waals surface area contributed by atoms with E-state index in [0.29, 0.717) is 17.6 Å². The molecule has 25 heavy (non-hydrogen) atoms. The van der Waals surface area contributed by atoms with Gasteiger partial charge in [0.15, 0.2) is 5.16 Å². The van der Waals surface area contributed by atoms with E-state index in [1.165, 1.54) is 11.8 Å². The highest BCUT2D eigenvalue weighted by Gasteiger charge is 2.30. The van der Waals surface area contributed by atoms with Gasteiger partial charge in [-0.3, -0.25) is 10.1 Å². The molecule has 0 aliphatic heterocycles. The van der Waals surface area contributed by atoms with Crippen molar-refractivity contribution in [2.24, 2.45) is 7.05 Å². The van der Waals surface area contributed by atoms with Crippen molar-refractivity contribution in [3.8, 4) is 0 Å². The van der Waals surface area contributed by atoms with Gasteiger partial charge in [-0.25, -0.2) is 4.79 Å². The topological polar surface area (TPSA) is 88.9 Å². The predicted molar refractivity (Wildman–Crippen MR) is 95.1 cm³/mol. The van der Waals surface area contributed by atoms with Crippen LogP contribution in [0, 0.1) is 0 Å². The summed E-state index contributed by atoms with van der Waals surface area (Å²) in [6.45, 7) is 2.12.